The largest absolute Gasteiger partial charge is 0.324 e. The number of piperidine rings is 1. The molecule has 4 heteroatoms. The van der Waals surface area contributed by atoms with Gasteiger partial charge >= 0.3 is 6.03 Å². The van der Waals surface area contributed by atoms with Gasteiger partial charge < -0.3 is 14.7 Å². The van der Waals surface area contributed by atoms with Gasteiger partial charge in [0.2, 0.25) is 0 Å². The van der Waals surface area contributed by atoms with Crippen molar-refractivity contribution in [1.29, 1.82) is 0 Å². The molecule has 0 spiro atoms. The monoisotopic (exact) mass is 225 g/mol. The number of carbonyl (C=O) groups excluding carboxylic acids is 1. The molecule has 0 N–H and O–H groups in total. The number of piperazine rings is 1. The molecule has 16 heavy (non-hydrogen) atoms. The van der Waals surface area contributed by atoms with E-state index in [9.17, 15) is 4.79 Å². The lowest BCUT2D eigenvalue weighted by Crippen LogP contribution is -2.53. The van der Waals surface area contributed by atoms with Crippen molar-refractivity contribution < 1.29 is 4.79 Å². The normalized spacial score (nSPS) is 28.2. The zero-order valence-corrected chi connectivity index (χ0v) is 10.5. The van der Waals surface area contributed by atoms with Crippen molar-refractivity contribution in [1.82, 2.24) is 14.7 Å². The molecule has 0 unspecified atom stereocenters. The molecule has 2 aliphatic heterocycles. The van der Waals surface area contributed by atoms with Crippen LogP contribution in [-0.2, 0) is 0 Å². The van der Waals surface area contributed by atoms with Crippen molar-refractivity contribution in [3.8, 4) is 0 Å². The summed E-state index contributed by atoms with van der Waals surface area (Å²) in [5, 5.41) is 0. The second kappa shape index (κ2) is 5.04. The number of carbonyl (C=O) groups is 1. The molecule has 2 fully saturated rings. The summed E-state index contributed by atoms with van der Waals surface area (Å²) >= 11 is 0. The average molecular weight is 225 g/mol. The van der Waals surface area contributed by atoms with Gasteiger partial charge in [-0.2, -0.15) is 0 Å². The highest BCUT2D eigenvalue weighted by molar-refractivity contribution is 5.74. The minimum absolute atomic E-state index is 0.264. The Hall–Kier alpha value is -0.770. The van der Waals surface area contributed by atoms with E-state index < -0.39 is 0 Å². The lowest BCUT2D eigenvalue weighted by Gasteiger charge is -2.38. The van der Waals surface area contributed by atoms with E-state index in [4.69, 9.17) is 0 Å². The molecule has 2 amide bonds. The maximum atomic E-state index is 12.2. The zero-order chi connectivity index (χ0) is 11.5. The highest BCUT2D eigenvalue weighted by Crippen LogP contribution is 2.17. The molecule has 2 heterocycles. The molecule has 2 saturated heterocycles. The average Bonchev–Trinajstić information content (AvgIpc) is 2.29. The Morgan fingerprint density at radius 3 is 2.38 bits per heavy atom. The number of likely N-dealkylation sites (tertiary alicyclic amines) is 1. The molecule has 4 nitrogen and oxygen atoms in total. The van der Waals surface area contributed by atoms with Crippen LogP contribution >= 0.6 is 0 Å². The number of urea groups is 1. The first-order valence-electron chi connectivity index (χ1n) is 6.39. The van der Waals surface area contributed by atoms with E-state index in [1.165, 1.54) is 12.8 Å². The third-order valence-electron chi connectivity index (χ3n) is 3.70. The smallest absolute Gasteiger partial charge is 0.320 e. The van der Waals surface area contributed by atoms with E-state index in [-0.39, 0.29) is 6.03 Å². The molecule has 2 rings (SSSR count). The van der Waals surface area contributed by atoms with Crippen LogP contribution in [0.4, 0.5) is 4.79 Å². The first-order valence-corrected chi connectivity index (χ1v) is 6.39. The fourth-order valence-electron chi connectivity index (χ4n) is 2.56. The number of amides is 2. The minimum atomic E-state index is 0.264. The molecular formula is C12H23N3O. The fraction of sp³-hybridized carbons (Fsp3) is 0.917. The Morgan fingerprint density at radius 1 is 1.06 bits per heavy atom. The van der Waals surface area contributed by atoms with Gasteiger partial charge in [0.1, 0.15) is 0 Å². The quantitative estimate of drug-likeness (QED) is 0.617. The number of likely N-dealkylation sites (N-methyl/N-ethyl adjacent to an activating group) is 1. The summed E-state index contributed by atoms with van der Waals surface area (Å²) in [5.74, 6) is 0.671. The Labute approximate surface area is 98.2 Å². The van der Waals surface area contributed by atoms with E-state index in [1.54, 1.807) is 0 Å². The molecule has 0 aromatic heterocycles. The molecule has 0 bridgehead atoms. The summed E-state index contributed by atoms with van der Waals surface area (Å²) in [6, 6.07) is 0.264. The predicted molar refractivity (Wildman–Crippen MR) is 64.4 cm³/mol. The van der Waals surface area contributed by atoms with Gasteiger partial charge in [-0.05, 0) is 25.8 Å². The van der Waals surface area contributed by atoms with Crippen LogP contribution < -0.4 is 0 Å². The van der Waals surface area contributed by atoms with E-state index in [0.717, 1.165) is 39.3 Å². The number of nitrogens with zero attached hydrogens (tertiary/aromatic N) is 3. The summed E-state index contributed by atoms with van der Waals surface area (Å²) in [7, 11) is 2.12. The van der Waals surface area contributed by atoms with Crippen molar-refractivity contribution in [3.63, 3.8) is 0 Å². The van der Waals surface area contributed by atoms with Crippen molar-refractivity contribution in [3.05, 3.63) is 0 Å². The van der Waals surface area contributed by atoms with Crippen LogP contribution in [0.25, 0.3) is 0 Å². The van der Waals surface area contributed by atoms with Crippen LogP contribution in [0.2, 0.25) is 0 Å². The first-order chi connectivity index (χ1) is 7.66. The summed E-state index contributed by atoms with van der Waals surface area (Å²) in [6.45, 7) is 7.94. The molecule has 1 atom stereocenters. The predicted octanol–water partition coefficient (Wildman–Crippen LogP) is 1.09. The number of hydrogen-bond donors (Lipinski definition) is 0. The summed E-state index contributed by atoms with van der Waals surface area (Å²) in [4.78, 5) is 18.6. The third-order valence-corrected chi connectivity index (χ3v) is 3.70. The van der Waals surface area contributed by atoms with E-state index >= 15 is 0 Å². The van der Waals surface area contributed by atoms with E-state index in [0.29, 0.717) is 5.92 Å². The van der Waals surface area contributed by atoms with Crippen LogP contribution in [0, 0.1) is 5.92 Å². The SMILES string of the molecule is C[C@@H]1CCCN(C(=O)N2CCN(C)CC2)C1. The molecule has 92 valence electrons. The van der Waals surface area contributed by atoms with Crippen molar-refractivity contribution in [2.75, 3.05) is 46.3 Å². The Bertz CT molecular complexity index is 249. The lowest BCUT2D eigenvalue weighted by molar-refractivity contribution is 0.107. The van der Waals surface area contributed by atoms with Crippen LogP contribution in [0.15, 0.2) is 0 Å². The maximum Gasteiger partial charge on any atom is 0.320 e. The van der Waals surface area contributed by atoms with Gasteiger partial charge in [0, 0.05) is 39.3 Å². The zero-order valence-electron chi connectivity index (χ0n) is 10.5. The van der Waals surface area contributed by atoms with Crippen LogP contribution in [0.1, 0.15) is 19.8 Å². The van der Waals surface area contributed by atoms with Crippen LogP contribution in [-0.4, -0.2) is 67.0 Å². The second-order valence-electron chi connectivity index (χ2n) is 5.27. The molecule has 0 aromatic carbocycles. The minimum Gasteiger partial charge on any atom is -0.324 e. The van der Waals surface area contributed by atoms with E-state index in [2.05, 4.69) is 18.9 Å². The highest BCUT2D eigenvalue weighted by atomic mass is 16.2. The highest BCUT2D eigenvalue weighted by Gasteiger charge is 2.26. The third kappa shape index (κ3) is 2.67. The second-order valence-corrected chi connectivity index (χ2v) is 5.27. The summed E-state index contributed by atoms with van der Waals surface area (Å²) < 4.78 is 0. The van der Waals surface area contributed by atoms with E-state index in [1.807, 2.05) is 9.80 Å². The van der Waals surface area contributed by atoms with Crippen molar-refractivity contribution >= 4 is 6.03 Å². The molecule has 0 radical (unpaired) electrons. The van der Waals surface area contributed by atoms with Gasteiger partial charge in [-0.25, -0.2) is 4.79 Å². The standard InChI is InChI=1S/C12H23N3O/c1-11-4-3-5-15(10-11)12(16)14-8-6-13(2)7-9-14/h11H,3-10H2,1-2H3/t11-/m1/s1. The van der Waals surface area contributed by atoms with Gasteiger partial charge in [-0.1, -0.05) is 6.92 Å². The summed E-state index contributed by atoms with van der Waals surface area (Å²) in [5.41, 5.74) is 0. The number of rotatable bonds is 0. The van der Waals surface area contributed by atoms with Gasteiger partial charge in [-0.3, -0.25) is 0 Å². The Morgan fingerprint density at radius 2 is 1.75 bits per heavy atom. The van der Waals surface area contributed by atoms with Crippen LogP contribution in [0.3, 0.4) is 0 Å². The number of hydrogen-bond acceptors (Lipinski definition) is 2. The lowest BCUT2D eigenvalue weighted by atomic mass is 10.0. The summed E-state index contributed by atoms with van der Waals surface area (Å²) in [6.07, 6.45) is 2.44. The first kappa shape index (κ1) is 11.7. The molecule has 2 aliphatic rings. The van der Waals surface area contributed by atoms with Gasteiger partial charge in [-0.15, -0.1) is 0 Å². The molecular weight excluding hydrogens is 202 g/mol. The molecule has 0 aliphatic carbocycles. The molecule has 0 saturated carbocycles. The van der Waals surface area contributed by atoms with Gasteiger partial charge in [0.25, 0.3) is 0 Å². The van der Waals surface area contributed by atoms with Gasteiger partial charge in [0.05, 0.1) is 0 Å². The fourth-order valence-corrected chi connectivity index (χ4v) is 2.56. The topological polar surface area (TPSA) is 26.8 Å². The van der Waals surface area contributed by atoms with Crippen molar-refractivity contribution in [2.24, 2.45) is 5.92 Å². The van der Waals surface area contributed by atoms with Crippen molar-refractivity contribution in [2.45, 2.75) is 19.8 Å². The molecule has 0 aromatic rings. The van der Waals surface area contributed by atoms with Crippen LogP contribution in [0.5, 0.6) is 0 Å². The van der Waals surface area contributed by atoms with Gasteiger partial charge in [0.15, 0.2) is 0 Å². The Balaban J connectivity index is 1.86. The Kier molecular flexibility index (Phi) is 3.69. The maximum absolute atomic E-state index is 12.2.